The second-order valence-corrected chi connectivity index (χ2v) is 4.55. The number of nitrogens with two attached hydrogens (primary N) is 1. The summed E-state index contributed by atoms with van der Waals surface area (Å²) in [5, 5.41) is 8.75. The smallest absolute Gasteiger partial charge is 0.0449 e. The Morgan fingerprint density at radius 1 is 1.36 bits per heavy atom. The van der Waals surface area contributed by atoms with Crippen LogP contribution in [0, 0.1) is 0 Å². The van der Waals surface area contributed by atoms with Crippen LogP contribution in [-0.2, 0) is 0 Å². The van der Waals surface area contributed by atoms with Crippen LogP contribution in [0.4, 0.5) is 0 Å². The fourth-order valence-electron chi connectivity index (χ4n) is 1.09. The van der Waals surface area contributed by atoms with Gasteiger partial charge in [0.25, 0.3) is 0 Å². The lowest BCUT2D eigenvalue weighted by Crippen LogP contribution is -2.12. The van der Waals surface area contributed by atoms with Crippen molar-refractivity contribution in [3.8, 4) is 0 Å². The largest absolute Gasteiger partial charge is 0.396 e. The Morgan fingerprint density at radius 2 is 2.00 bits per heavy atom. The molecule has 0 unspecified atom stereocenters. The summed E-state index contributed by atoms with van der Waals surface area (Å²) in [6.07, 6.45) is 0.578. The Labute approximate surface area is 107 Å². The van der Waals surface area contributed by atoms with E-state index in [9.17, 15) is 0 Å². The summed E-state index contributed by atoms with van der Waals surface area (Å²) in [6.45, 7) is 0.111. The molecule has 0 aromatic heterocycles. The Kier molecular flexibility index (Phi) is 6.99. The summed E-state index contributed by atoms with van der Waals surface area (Å²) in [7, 11) is 0. The third-order valence-corrected chi connectivity index (χ3v) is 3.01. The van der Waals surface area contributed by atoms with E-state index in [0.717, 1.165) is 14.5 Å². The van der Waals surface area contributed by atoms with E-state index in [1.807, 2.05) is 18.2 Å². The highest BCUT2D eigenvalue weighted by Crippen LogP contribution is 2.27. The Balaban J connectivity index is 0.00000169. The van der Waals surface area contributed by atoms with Gasteiger partial charge in [-0.25, -0.2) is 0 Å². The number of hydrogen-bond donors (Lipinski definition) is 2. The van der Waals surface area contributed by atoms with Crippen molar-refractivity contribution in [2.24, 2.45) is 5.73 Å². The fraction of sp³-hybridized carbons (Fsp3) is 0.333. The number of hydrogen-bond acceptors (Lipinski definition) is 2. The highest BCUT2D eigenvalue weighted by atomic mass is 79.9. The summed E-state index contributed by atoms with van der Waals surface area (Å²) in [6, 6.07) is 5.73. The molecule has 0 radical (unpaired) electrons. The molecule has 0 amide bonds. The maximum Gasteiger partial charge on any atom is 0.0449 e. The molecule has 0 aliphatic rings. The maximum absolute atomic E-state index is 8.75. The van der Waals surface area contributed by atoms with Crippen LogP contribution in [0.1, 0.15) is 18.0 Å². The highest BCUT2D eigenvalue weighted by Gasteiger charge is 2.09. The minimum Gasteiger partial charge on any atom is -0.396 e. The van der Waals surface area contributed by atoms with Crippen LogP contribution in [-0.4, -0.2) is 11.7 Å². The number of aliphatic hydroxyl groups excluding tert-OH is 1. The minimum absolute atomic E-state index is 0. The fourth-order valence-corrected chi connectivity index (χ4v) is 2.01. The van der Waals surface area contributed by atoms with Crippen molar-refractivity contribution < 1.29 is 5.11 Å². The zero-order chi connectivity index (χ0) is 9.84. The lowest BCUT2D eigenvalue weighted by atomic mass is 10.1. The molecule has 14 heavy (non-hydrogen) atoms. The maximum atomic E-state index is 8.75. The van der Waals surface area contributed by atoms with Crippen molar-refractivity contribution in [2.75, 3.05) is 6.61 Å². The van der Waals surface area contributed by atoms with Crippen molar-refractivity contribution in [1.29, 1.82) is 0 Å². The first-order valence-electron chi connectivity index (χ1n) is 3.96. The number of benzene rings is 1. The lowest BCUT2D eigenvalue weighted by molar-refractivity contribution is 0.276. The van der Waals surface area contributed by atoms with Gasteiger partial charge in [0, 0.05) is 21.6 Å². The minimum atomic E-state index is -0.114. The van der Waals surface area contributed by atoms with Crippen LogP contribution in [0.15, 0.2) is 27.1 Å². The first-order valence-corrected chi connectivity index (χ1v) is 5.55. The Morgan fingerprint density at radius 3 is 2.57 bits per heavy atom. The molecule has 1 aromatic carbocycles. The average molecular weight is 345 g/mol. The lowest BCUT2D eigenvalue weighted by Gasteiger charge is -2.12. The van der Waals surface area contributed by atoms with Crippen LogP contribution < -0.4 is 5.73 Å². The summed E-state index contributed by atoms with van der Waals surface area (Å²) in [5.41, 5.74) is 6.88. The van der Waals surface area contributed by atoms with Gasteiger partial charge in [-0.3, -0.25) is 0 Å². The Bertz CT molecular complexity index is 296. The predicted octanol–water partition coefficient (Wildman–Crippen LogP) is 3.02. The van der Waals surface area contributed by atoms with Gasteiger partial charge in [0.1, 0.15) is 0 Å². The molecule has 1 rings (SSSR count). The monoisotopic (exact) mass is 343 g/mol. The van der Waals surface area contributed by atoms with Gasteiger partial charge in [-0.15, -0.1) is 12.4 Å². The molecule has 0 heterocycles. The third kappa shape index (κ3) is 3.87. The van der Waals surface area contributed by atoms with Gasteiger partial charge < -0.3 is 10.8 Å². The molecule has 0 fully saturated rings. The molecule has 2 nitrogen and oxygen atoms in total. The molecule has 5 heteroatoms. The molecule has 0 bridgehead atoms. The molecule has 0 saturated heterocycles. The third-order valence-electron chi connectivity index (χ3n) is 1.80. The summed E-state index contributed by atoms with van der Waals surface area (Å²) in [4.78, 5) is 0. The van der Waals surface area contributed by atoms with Gasteiger partial charge in [0.2, 0.25) is 0 Å². The molecule has 0 spiro atoms. The summed E-state index contributed by atoms with van der Waals surface area (Å²) >= 11 is 6.80. The Hall–Kier alpha value is 0.390. The predicted molar refractivity (Wildman–Crippen MR) is 67.7 cm³/mol. The van der Waals surface area contributed by atoms with Crippen LogP contribution in [0.5, 0.6) is 0 Å². The summed E-state index contributed by atoms with van der Waals surface area (Å²) in [5.74, 6) is 0. The molecular formula is C9H12Br2ClNO. The van der Waals surface area contributed by atoms with Gasteiger partial charge in [-0.2, -0.15) is 0 Å². The zero-order valence-corrected chi connectivity index (χ0v) is 11.4. The van der Waals surface area contributed by atoms with Crippen LogP contribution in [0.2, 0.25) is 0 Å². The number of rotatable bonds is 3. The van der Waals surface area contributed by atoms with Gasteiger partial charge in [-0.05, 0) is 30.2 Å². The van der Waals surface area contributed by atoms with E-state index in [-0.39, 0.29) is 25.1 Å². The first-order chi connectivity index (χ1) is 6.15. The molecule has 1 aromatic rings. The number of halogens is 3. The van der Waals surface area contributed by atoms with E-state index in [1.54, 1.807) is 0 Å². The van der Waals surface area contributed by atoms with Crippen LogP contribution >= 0.6 is 44.3 Å². The van der Waals surface area contributed by atoms with Crippen molar-refractivity contribution in [3.05, 3.63) is 32.7 Å². The topological polar surface area (TPSA) is 46.2 Å². The molecule has 0 aliphatic heterocycles. The van der Waals surface area contributed by atoms with E-state index < -0.39 is 0 Å². The van der Waals surface area contributed by atoms with E-state index in [0.29, 0.717) is 6.42 Å². The summed E-state index contributed by atoms with van der Waals surface area (Å²) < 4.78 is 1.98. The van der Waals surface area contributed by atoms with Gasteiger partial charge in [0.15, 0.2) is 0 Å². The SMILES string of the molecule is Cl.N[C@@H](CCO)c1cc(Br)ccc1Br. The second-order valence-electron chi connectivity index (χ2n) is 2.78. The second kappa shape index (κ2) is 6.80. The molecule has 0 aliphatic carbocycles. The molecule has 0 saturated carbocycles. The van der Waals surface area contributed by atoms with E-state index in [2.05, 4.69) is 31.9 Å². The normalized spacial score (nSPS) is 12.0. The van der Waals surface area contributed by atoms with Crippen molar-refractivity contribution in [3.63, 3.8) is 0 Å². The van der Waals surface area contributed by atoms with Crippen molar-refractivity contribution >= 4 is 44.3 Å². The standard InChI is InChI=1S/C9H11Br2NO.ClH/c10-6-1-2-8(11)7(5-6)9(12)3-4-13;/h1-2,5,9,13H,3-4,12H2;1H/t9-;/m0./s1. The molecule has 80 valence electrons. The van der Waals surface area contributed by atoms with Crippen molar-refractivity contribution in [1.82, 2.24) is 0 Å². The molecule has 3 N–H and O–H groups in total. The highest BCUT2D eigenvalue weighted by molar-refractivity contribution is 9.11. The average Bonchev–Trinajstić information content (AvgIpc) is 2.09. The van der Waals surface area contributed by atoms with E-state index in [1.165, 1.54) is 0 Å². The first kappa shape index (κ1) is 14.4. The van der Waals surface area contributed by atoms with Gasteiger partial charge in [0.05, 0.1) is 0 Å². The van der Waals surface area contributed by atoms with Crippen molar-refractivity contribution in [2.45, 2.75) is 12.5 Å². The zero-order valence-electron chi connectivity index (χ0n) is 7.41. The van der Waals surface area contributed by atoms with Gasteiger partial charge >= 0.3 is 0 Å². The molecule has 1 atom stereocenters. The molecular weight excluding hydrogens is 333 g/mol. The van der Waals surface area contributed by atoms with E-state index >= 15 is 0 Å². The van der Waals surface area contributed by atoms with E-state index in [4.69, 9.17) is 10.8 Å². The van der Waals surface area contributed by atoms with Crippen LogP contribution in [0.25, 0.3) is 0 Å². The van der Waals surface area contributed by atoms with Crippen LogP contribution in [0.3, 0.4) is 0 Å². The number of aliphatic hydroxyl groups is 1. The quantitative estimate of drug-likeness (QED) is 0.885. The van der Waals surface area contributed by atoms with Gasteiger partial charge in [-0.1, -0.05) is 31.9 Å².